The lowest BCUT2D eigenvalue weighted by molar-refractivity contribution is 0.376. The van der Waals surface area contributed by atoms with Crippen molar-refractivity contribution < 1.29 is 13.6 Å². The van der Waals surface area contributed by atoms with Gasteiger partial charge in [0.15, 0.2) is 10.9 Å². The van der Waals surface area contributed by atoms with Crippen LogP contribution in [0.2, 0.25) is 0 Å². The molecule has 1 heterocycles. The average molecular weight is 487 g/mol. The van der Waals surface area contributed by atoms with Crippen molar-refractivity contribution in [2.75, 3.05) is 5.32 Å². The molecule has 7 heteroatoms. The highest BCUT2D eigenvalue weighted by Crippen LogP contribution is 2.60. The predicted octanol–water partition coefficient (Wildman–Crippen LogP) is 8.07. The molecule has 0 amide bonds. The number of thiazole rings is 1. The third kappa shape index (κ3) is 4.98. The van der Waals surface area contributed by atoms with Crippen LogP contribution in [0.5, 0.6) is 11.5 Å². The highest BCUT2D eigenvalue weighted by atomic mass is 32.1. The highest BCUT2D eigenvalue weighted by molar-refractivity contribution is 7.55. The lowest BCUT2D eigenvalue weighted by atomic mass is 10.2. The molecule has 1 aromatic heterocycles. The Kier molecular flexibility index (Phi) is 6.35. The molecule has 0 saturated heterocycles. The molecule has 0 aliphatic heterocycles. The molecule has 0 spiro atoms. The number of para-hydroxylation sites is 2. The maximum absolute atomic E-state index is 14.6. The molecule has 1 atom stereocenters. The van der Waals surface area contributed by atoms with E-state index < -0.39 is 13.4 Å². The second-order valence-electron chi connectivity index (χ2n) is 7.80. The smallest absolute Gasteiger partial charge is 0.414 e. The Bertz CT molecular complexity index is 1380. The van der Waals surface area contributed by atoms with Gasteiger partial charge in [-0.05, 0) is 54.4 Å². The summed E-state index contributed by atoms with van der Waals surface area (Å²) in [6.07, 6.45) is 0. The van der Waals surface area contributed by atoms with E-state index in [2.05, 4.69) is 18.3 Å². The maximum atomic E-state index is 14.6. The first-order valence-corrected chi connectivity index (χ1v) is 13.3. The molecule has 5 rings (SSSR count). The van der Waals surface area contributed by atoms with E-state index >= 15 is 0 Å². The number of aromatic nitrogens is 1. The van der Waals surface area contributed by atoms with Crippen molar-refractivity contribution in [2.24, 2.45) is 0 Å². The SMILES string of the molecule is Cc1ccc2nc(NC(c3ccccc3)P(=O)(Oc3ccccc3)Oc3ccccc3)sc2c1. The summed E-state index contributed by atoms with van der Waals surface area (Å²) < 4.78 is 27.9. The minimum absolute atomic E-state index is 0.462. The zero-order chi connectivity index (χ0) is 23.4. The van der Waals surface area contributed by atoms with Gasteiger partial charge < -0.3 is 14.4 Å². The zero-order valence-corrected chi connectivity index (χ0v) is 20.2. The number of anilines is 1. The largest absolute Gasteiger partial charge is 0.457 e. The Morgan fingerprint density at radius 2 is 1.35 bits per heavy atom. The predicted molar refractivity (Wildman–Crippen MR) is 139 cm³/mol. The van der Waals surface area contributed by atoms with E-state index in [4.69, 9.17) is 14.0 Å². The van der Waals surface area contributed by atoms with Crippen molar-refractivity contribution in [3.8, 4) is 11.5 Å². The molecular weight excluding hydrogens is 463 g/mol. The average Bonchev–Trinajstić information content (AvgIpc) is 3.26. The van der Waals surface area contributed by atoms with E-state index in [9.17, 15) is 4.57 Å². The molecule has 34 heavy (non-hydrogen) atoms. The van der Waals surface area contributed by atoms with Crippen LogP contribution in [0, 0.1) is 6.92 Å². The maximum Gasteiger partial charge on any atom is 0.457 e. The van der Waals surface area contributed by atoms with Crippen molar-refractivity contribution in [3.63, 3.8) is 0 Å². The standard InChI is InChI=1S/C27H23N2O3PS/c1-20-17-18-24-25(19-20)34-27(28-24)29-26(21-11-5-2-6-12-21)33(30,31-22-13-7-3-8-14-22)32-23-15-9-4-10-16-23/h2-19,26H,1H3,(H,28,29). The van der Waals surface area contributed by atoms with Crippen molar-refractivity contribution in [1.82, 2.24) is 4.98 Å². The zero-order valence-electron chi connectivity index (χ0n) is 18.5. The van der Waals surface area contributed by atoms with Gasteiger partial charge in [0.2, 0.25) is 0 Å². The molecule has 1 N–H and O–H groups in total. The molecule has 170 valence electrons. The summed E-state index contributed by atoms with van der Waals surface area (Å²) in [6, 6.07) is 33.8. The molecule has 0 fully saturated rings. The molecule has 0 radical (unpaired) electrons. The van der Waals surface area contributed by atoms with E-state index in [-0.39, 0.29) is 0 Å². The summed E-state index contributed by atoms with van der Waals surface area (Å²) in [5.41, 5.74) is 2.81. The molecule has 0 saturated carbocycles. The summed E-state index contributed by atoms with van der Waals surface area (Å²) in [6.45, 7) is 2.05. The first-order chi connectivity index (χ1) is 16.6. The van der Waals surface area contributed by atoms with Gasteiger partial charge in [0.05, 0.1) is 10.2 Å². The summed E-state index contributed by atoms with van der Waals surface area (Å²) in [5, 5.41) is 4.02. The van der Waals surface area contributed by atoms with Gasteiger partial charge in [-0.15, -0.1) is 0 Å². The Balaban J connectivity index is 1.59. The Morgan fingerprint density at radius 1 is 0.794 bits per heavy atom. The summed E-state index contributed by atoms with van der Waals surface area (Å²) in [5.74, 6) is 0.129. The fourth-order valence-electron chi connectivity index (χ4n) is 3.57. The van der Waals surface area contributed by atoms with Crippen LogP contribution in [0.1, 0.15) is 16.9 Å². The number of hydrogen-bond acceptors (Lipinski definition) is 6. The van der Waals surface area contributed by atoms with Crippen molar-refractivity contribution in [3.05, 3.63) is 120 Å². The molecule has 5 aromatic rings. The molecule has 0 aliphatic carbocycles. The number of hydrogen-bond donors (Lipinski definition) is 1. The minimum atomic E-state index is -3.86. The summed E-state index contributed by atoms with van der Waals surface area (Å²) >= 11 is 1.51. The third-order valence-corrected chi connectivity index (χ3v) is 8.13. The molecule has 4 aromatic carbocycles. The van der Waals surface area contributed by atoms with Crippen LogP contribution in [-0.2, 0) is 4.57 Å². The van der Waals surface area contributed by atoms with Crippen LogP contribution < -0.4 is 14.4 Å². The second kappa shape index (κ2) is 9.72. The molecular formula is C27H23N2O3PS. The Hall–Kier alpha value is -3.60. The highest BCUT2D eigenvalue weighted by Gasteiger charge is 2.41. The summed E-state index contributed by atoms with van der Waals surface area (Å²) in [4.78, 5) is 4.72. The van der Waals surface area contributed by atoms with Crippen molar-refractivity contribution in [1.29, 1.82) is 0 Å². The van der Waals surface area contributed by atoms with E-state index in [0.29, 0.717) is 16.6 Å². The van der Waals surface area contributed by atoms with Gasteiger partial charge >= 0.3 is 7.60 Å². The van der Waals surface area contributed by atoms with Crippen LogP contribution in [0.3, 0.4) is 0 Å². The monoisotopic (exact) mass is 486 g/mol. The quantitative estimate of drug-likeness (QED) is 0.225. The minimum Gasteiger partial charge on any atom is -0.414 e. The number of nitrogens with one attached hydrogen (secondary N) is 1. The Morgan fingerprint density at radius 3 is 1.94 bits per heavy atom. The number of fused-ring (bicyclic) bond motifs is 1. The topological polar surface area (TPSA) is 60.5 Å². The first kappa shape index (κ1) is 22.2. The number of nitrogens with zero attached hydrogens (tertiary/aromatic N) is 1. The van der Waals surface area contributed by atoms with E-state index in [1.807, 2.05) is 78.9 Å². The van der Waals surface area contributed by atoms with Crippen LogP contribution in [-0.4, -0.2) is 4.98 Å². The van der Waals surface area contributed by atoms with E-state index in [1.165, 1.54) is 11.3 Å². The van der Waals surface area contributed by atoms with Gasteiger partial charge in [-0.2, -0.15) is 0 Å². The van der Waals surface area contributed by atoms with E-state index in [1.54, 1.807) is 24.3 Å². The van der Waals surface area contributed by atoms with Crippen molar-refractivity contribution in [2.45, 2.75) is 12.7 Å². The third-order valence-electron chi connectivity index (χ3n) is 5.19. The van der Waals surface area contributed by atoms with Gasteiger partial charge in [0, 0.05) is 0 Å². The van der Waals surface area contributed by atoms with Crippen LogP contribution in [0.4, 0.5) is 5.13 Å². The van der Waals surface area contributed by atoms with Gasteiger partial charge in [0.1, 0.15) is 11.5 Å². The van der Waals surface area contributed by atoms with Crippen molar-refractivity contribution >= 4 is 34.3 Å². The summed E-state index contributed by atoms with van der Waals surface area (Å²) in [7, 11) is -3.86. The number of aryl methyl sites for hydroxylation is 1. The van der Waals surface area contributed by atoms with Gasteiger partial charge in [-0.25, -0.2) is 9.55 Å². The number of rotatable bonds is 8. The van der Waals surface area contributed by atoms with E-state index in [0.717, 1.165) is 21.3 Å². The molecule has 0 aliphatic rings. The van der Waals surface area contributed by atoms with Crippen LogP contribution in [0.25, 0.3) is 10.2 Å². The van der Waals surface area contributed by atoms with Gasteiger partial charge in [-0.3, -0.25) is 0 Å². The fourth-order valence-corrected chi connectivity index (χ4v) is 6.55. The second-order valence-corrected chi connectivity index (χ2v) is 10.8. The van der Waals surface area contributed by atoms with Crippen LogP contribution >= 0.6 is 18.9 Å². The molecule has 0 bridgehead atoms. The fraction of sp³-hybridized carbons (Fsp3) is 0.0741. The normalized spacial score (nSPS) is 12.3. The van der Waals surface area contributed by atoms with Crippen LogP contribution in [0.15, 0.2) is 109 Å². The Labute approximate surface area is 202 Å². The van der Waals surface area contributed by atoms with Gasteiger partial charge in [-0.1, -0.05) is 84.1 Å². The number of benzene rings is 4. The molecule has 1 unspecified atom stereocenters. The first-order valence-electron chi connectivity index (χ1n) is 10.9. The lowest BCUT2D eigenvalue weighted by Gasteiger charge is -2.28. The molecule has 5 nitrogen and oxygen atoms in total. The van der Waals surface area contributed by atoms with Gasteiger partial charge in [0.25, 0.3) is 0 Å². The lowest BCUT2D eigenvalue weighted by Crippen LogP contribution is -2.18.